The highest BCUT2D eigenvalue weighted by Crippen LogP contribution is 2.20. The van der Waals surface area contributed by atoms with E-state index in [9.17, 15) is 4.79 Å². The fourth-order valence-electron chi connectivity index (χ4n) is 2.78. The number of hydrogen-bond donors (Lipinski definition) is 2. The van der Waals surface area contributed by atoms with Gasteiger partial charge in [-0.1, -0.05) is 12.1 Å². The number of nitrogens with one attached hydrogen (secondary N) is 2. The first-order valence-electron chi connectivity index (χ1n) is 8.09. The van der Waals surface area contributed by atoms with Crippen LogP contribution in [0, 0.1) is 11.3 Å². The smallest absolute Gasteiger partial charge is 0.407 e. The lowest BCUT2D eigenvalue weighted by Crippen LogP contribution is -2.47. The Balaban J connectivity index is 1.84. The fraction of sp³-hybridized carbons (Fsp3) is 0.556. The third-order valence-electron chi connectivity index (χ3n) is 3.87. The van der Waals surface area contributed by atoms with Crippen LogP contribution in [0.3, 0.4) is 0 Å². The number of benzene rings is 1. The first-order chi connectivity index (χ1) is 10.9. The lowest BCUT2D eigenvalue weighted by Gasteiger charge is -2.25. The molecule has 0 heterocycles. The standard InChI is InChI=1S/C18H25N3O2/c1-18(2,3)23-17(22)21-16-6-4-5-15(16)20-12-14-9-7-13(11-19)8-10-14/h7-10,15-16,20H,4-6,12H2,1-3H3,(H,21,22). The molecule has 1 saturated carbocycles. The van der Waals surface area contributed by atoms with Crippen LogP contribution in [-0.2, 0) is 11.3 Å². The molecule has 1 amide bonds. The second kappa shape index (κ2) is 7.47. The largest absolute Gasteiger partial charge is 0.444 e. The second-order valence-corrected chi connectivity index (χ2v) is 6.98. The molecule has 5 heteroatoms. The molecule has 2 unspecified atom stereocenters. The van der Waals surface area contributed by atoms with Crippen LogP contribution in [-0.4, -0.2) is 23.8 Å². The molecule has 1 aromatic rings. The molecule has 1 aliphatic rings. The number of nitriles is 1. The third kappa shape index (κ3) is 5.57. The summed E-state index contributed by atoms with van der Waals surface area (Å²) in [5.41, 5.74) is 1.32. The molecule has 1 aromatic carbocycles. The minimum Gasteiger partial charge on any atom is -0.444 e. The SMILES string of the molecule is CC(C)(C)OC(=O)NC1CCCC1NCc1ccc(C#N)cc1. The van der Waals surface area contributed by atoms with Crippen molar-refractivity contribution >= 4 is 6.09 Å². The Bertz CT molecular complexity index is 569. The predicted octanol–water partition coefficient (Wildman–Crippen LogP) is 3.09. The number of nitrogens with zero attached hydrogens (tertiary/aromatic N) is 1. The van der Waals surface area contributed by atoms with Crippen LogP contribution in [0.4, 0.5) is 4.79 Å². The van der Waals surface area contributed by atoms with Crippen LogP contribution in [0.25, 0.3) is 0 Å². The molecule has 0 aromatic heterocycles. The molecule has 1 fully saturated rings. The summed E-state index contributed by atoms with van der Waals surface area (Å²) >= 11 is 0. The van der Waals surface area contributed by atoms with E-state index in [0.29, 0.717) is 5.56 Å². The van der Waals surface area contributed by atoms with Crippen LogP contribution >= 0.6 is 0 Å². The first-order valence-corrected chi connectivity index (χ1v) is 8.09. The molecule has 2 atom stereocenters. The van der Waals surface area contributed by atoms with Crippen LogP contribution in [0.5, 0.6) is 0 Å². The summed E-state index contributed by atoms with van der Waals surface area (Å²) in [6.45, 7) is 6.31. The lowest BCUT2D eigenvalue weighted by atomic mass is 10.1. The average molecular weight is 315 g/mol. The van der Waals surface area contributed by atoms with Gasteiger partial charge in [-0.25, -0.2) is 4.79 Å². The van der Waals surface area contributed by atoms with Crippen molar-refractivity contribution in [1.29, 1.82) is 5.26 Å². The zero-order chi connectivity index (χ0) is 16.9. The van der Waals surface area contributed by atoms with E-state index in [2.05, 4.69) is 16.7 Å². The van der Waals surface area contributed by atoms with Crippen LogP contribution in [0.2, 0.25) is 0 Å². The van der Waals surface area contributed by atoms with E-state index in [1.54, 1.807) is 0 Å². The number of carbonyl (C=O) groups excluding carboxylic acids is 1. The number of alkyl carbamates (subject to hydrolysis) is 1. The molecule has 5 nitrogen and oxygen atoms in total. The summed E-state index contributed by atoms with van der Waals surface area (Å²) in [6.07, 6.45) is 2.74. The van der Waals surface area contributed by atoms with Gasteiger partial charge in [0.15, 0.2) is 0 Å². The highest BCUT2D eigenvalue weighted by Gasteiger charge is 2.29. The van der Waals surface area contributed by atoms with Gasteiger partial charge < -0.3 is 15.4 Å². The summed E-state index contributed by atoms with van der Waals surface area (Å²) in [5.74, 6) is 0. The summed E-state index contributed by atoms with van der Waals surface area (Å²) in [7, 11) is 0. The van der Waals surface area contributed by atoms with Crippen molar-refractivity contribution in [1.82, 2.24) is 10.6 Å². The maximum Gasteiger partial charge on any atom is 0.407 e. The van der Waals surface area contributed by atoms with Gasteiger partial charge in [-0.15, -0.1) is 0 Å². The van der Waals surface area contributed by atoms with Crippen LogP contribution in [0.1, 0.15) is 51.2 Å². The van der Waals surface area contributed by atoms with E-state index < -0.39 is 5.60 Å². The molecule has 0 aliphatic heterocycles. The van der Waals surface area contributed by atoms with E-state index in [4.69, 9.17) is 10.00 Å². The van der Waals surface area contributed by atoms with Crippen molar-refractivity contribution in [3.63, 3.8) is 0 Å². The van der Waals surface area contributed by atoms with Crippen molar-refractivity contribution in [2.24, 2.45) is 0 Å². The minimum atomic E-state index is -0.478. The van der Waals surface area contributed by atoms with E-state index in [0.717, 1.165) is 31.4 Å². The number of amides is 1. The molecule has 0 spiro atoms. The number of ether oxygens (including phenoxy) is 1. The third-order valence-corrected chi connectivity index (χ3v) is 3.87. The van der Waals surface area contributed by atoms with Crippen molar-refractivity contribution in [2.75, 3.05) is 0 Å². The molecular weight excluding hydrogens is 290 g/mol. The van der Waals surface area contributed by atoms with Crippen LogP contribution in [0.15, 0.2) is 24.3 Å². The van der Waals surface area contributed by atoms with Crippen molar-refractivity contribution in [3.05, 3.63) is 35.4 Å². The van der Waals surface area contributed by atoms with Gasteiger partial charge in [0.25, 0.3) is 0 Å². The van der Waals surface area contributed by atoms with Crippen LogP contribution < -0.4 is 10.6 Å². The van der Waals surface area contributed by atoms with Crippen molar-refractivity contribution in [2.45, 2.75) is 64.3 Å². The van der Waals surface area contributed by atoms with Gasteiger partial charge in [0, 0.05) is 18.6 Å². The van der Waals surface area contributed by atoms with E-state index in [-0.39, 0.29) is 18.2 Å². The molecule has 0 saturated heterocycles. The van der Waals surface area contributed by atoms with Crippen molar-refractivity contribution < 1.29 is 9.53 Å². The zero-order valence-electron chi connectivity index (χ0n) is 14.1. The molecule has 1 aliphatic carbocycles. The summed E-state index contributed by atoms with van der Waals surface area (Å²) in [4.78, 5) is 11.9. The van der Waals surface area contributed by atoms with E-state index >= 15 is 0 Å². The summed E-state index contributed by atoms with van der Waals surface area (Å²) in [5, 5.41) is 15.3. The van der Waals surface area contributed by atoms with Gasteiger partial charge in [0.2, 0.25) is 0 Å². The van der Waals surface area contributed by atoms with Gasteiger partial charge in [-0.05, 0) is 57.7 Å². The van der Waals surface area contributed by atoms with E-state index in [1.807, 2.05) is 45.0 Å². The Hall–Kier alpha value is -2.06. The maximum atomic E-state index is 11.9. The minimum absolute atomic E-state index is 0.100. The van der Waals surface area contributed by atoms with Gasteiger partial charge in [-0.2, -0.15) is 5.26 Å². The Morgan fingerprint density at radius 1 is 1.26 bits per heavy atom. The van der Waals surface area contributed by atoms with Gasteiger partial charge in [0.05, 0.1) is 11.6 Å². The first kappa shape index (κ1) is 17.3. The Morgan fingerprint density at radius 2 is 1.91 bits per heavy atom. The molecule has 2 rings (SSSR count). The van der Waals surface area contributed by atoms with Gasteiger partial charge in [0.1, 0.15) is 5.60 Å². The van der Waals surface area contributed by atoms with Gasteiger partial charge in [-0.3, -0.25) is 0 Å². The quantitative estimate of drug-likeness (QED) is 0.895. The molecular formula is C18H25N3O2. The Morgan fingerprint density at radius 3 is 2.52 bits per heavy atom. The summed E-state index contributed by atoms with van der Waals surface area (Å²) < 4.78 is 5.33. The van der Waals surface area contributed by atoms with Gasteiger partial charge >= 0.3 is 6.09 Å². The number of hydrogen-bond acceptors (Lipinski definition) is 4. The number of rotatable bonds is 4. The fourth-order valence-corrected chi connectivity index (χ4v) is 2.78. The number of carbonyl (C=O) groups is 1. The predicted molar refractivity (Wildman–Crippen MR) is 88.8 cm³/mol. The summed E-state index contributed by atoms with van der Waals surface area (Å²) in [6, 6.07) is 10.0. The molecule has 124 valence electrons. The topological polar surface area (TPSA) is 74.2 Å². The normalized spacial score (nSPS) is 20.8. The average Bonchev–Trinajstić information content (AvgIpc) is 2.90. The zero-order valence-corrected chi connectivity index (χ0v) is 14.1. The molecule has 0 bridgehead atoms. The highest BCUT2D eigenvalue weighted by atomic mass is 16.6. The molecule has 23 heavy (non-hydrogen) atoms. The second-order valence-electron chi connectivity index (χ2n) is 6.98. The highest BCUT2D eigenvalue weighted by molar-refractivity contribution is 5.68. The molecule has 0 radical (unpaired) electrons. The monoisotopic (exact) mass is 315 g/mol. The Kier molecular flexibility index (Phi) is 5.62. The van der Waals surface area contributed by atoms with Crippen molar-refractivity contribution in [3.8, 4) is 6.07 Å². The maximum absolute atomic E-state index is 11.9. The molecule has 2 N–H and O–H groups in total. The van der Waals surface area contributed by atoms with E-state index in [1.165, 1.54) is 0 Å². The lowest BCUT2D eigenvalue weighted by molar-refractivity contribution is 0.0498. The Labute approximate surface area is 138 Å².